The van der Waals surface area contributed by atoms with E-state index in [0.29, 0.717) is 43.0 Å². The van der Waals surface area contributed by atoms with Crippen molar-refractivity contribution in [3.63, 3.8) is 0 Å². The van der Waals surface area contributed by atoms with Gasteiger partial charge in [-0.2, -0.15) is 0 Å². The van der Waals surface area contributed by atoms with Crippen molar-refractivity contribution in [2.24, 2.45) is 0 Å². The summed E-state index contributed by atoms with van der Waals surface area (Å²) in [5, 5.41) is 10.9. The Morgan fingerprint density at radius 3 is 2.74 bits per heavy atom. The lowest BCUT2D eigenvalue weighted by Gasteiger charge is -2.27. The van der Waals surface area contributed by atoms with Gasteiger partial charge >= 0.3 is 0 Å². The quantitative estimate of drug-likeness (QED) is 0.898. The van der Waals surface area contributed by atoms with Crippen LogP contribution in [-0.4, -0.2) is 48.0 Å². The van der Waals surface area contributed by atoms with Crippen LogP contribution in [-0.2, 0) is 0 Å². The first kappa shape index (κ1) is 17.7. The molecule has 2 heterocycles. The molecule has 1 saturated heterocycles. The summed E-state index contributed by atoms with van der Waals surface area (Å²) in [7, 11) is 0. The number of para-hydroxylation sites is 1. The van der Waals surface area contributed by atoms with Gasteiger partial charge in [0.1, 0.15) is 18.0 Å². The zero-order valence-corrected chi connectivity index (χ0v) is 15.1. The van der Waals surface area contributed by atoms with Crippen LogP contribution in [0.25, 0.3) is 0 Å². The minimum atomic E-state index is -0.931. The number of carbonyl (C=O) groups is 1. The van der Waals surface area contributed by atoms with Gasteiger partial charge < -0.3 is 24.2 Å². The number of carbonyl (C=O) groups excluding carboxylic acids is 1. The summed E-state index contributed by atoms with van der Waals surface area (Å²) < 4.78 is 16.4. The molecule has 0 aliphatic carbocycles. The Labute approximate surface area is 158 Å². The zero-order valence-electron chi connectivity index (χ0n) is 15.1. The lowest BCUT2D eigenvalue weighted by atomic mass is 9.96. The molecular weight excluding hydrogens is 346 g/mol. The molecule has 6 nitrogen and oxygen atoms in total. The van der Waals surface area contributed by atoms with Crippen LogP contribution in [0, 0.1) is 0 Å². The molecule has 2 aliphatic rings. The molecule has 0 spiro atoms. The van der Waals surface area contributed by atoms with Gasteiger partial charge in [0.15, 0.2) is 11.5 Å². The number of nitrogens with zero attached hydrogens (tertiary/aromatic N) is 1. The summed E-state index contributed by atoms with van der Waals surface area (Å²) in [6.45, 7) is 1.51. The van der Waals surface area contributed by atoms with E-state index in [1.165, 1.54) is 0 Å². The third kappa shape index (κ3) is 4.01. The largest absolute Gasteiger partial charge is 0.491 e. The predicted molar refractivity (Wildman–Crippen MR) is 99.2 cm³/mol. The van der Waals surface area contributed by atoms with Crippen molar-refractivity contribution in [1.29, 1.82) is 0 Å². The van der Waals surface area contributed by atoms with Crippen LogP contribution in [0.15, 0.2) is 48.5 Å². The first-order valence-corrected chi connectivity index (χ1v) is 9.22. The van der Waals surface area contributed by atoms with Gasteiger partial charge in [-0.25, -0.2) is 0 Å². The second kappa shape index (κ2) is 7.48. The number of benzene rings is 2. The van der Waals surface area contributed by atoms with Crippen molar-refractivity contribution in [3.8, 4) is 17.2 Å². The van der Waals surface area contributed by atoms with E-state index in [-0.39, 0.29) is 19.3 Å². The van der Waals surface area contributed by atoms with Gasteiger partial charge in [0.25, 0.3) is 5.91 Å². The molecule has 0 radical (unpaired) electrons. The molecule has 27 heavy (non-hydrogen) atoms. The molecule has 0 saturated carbocycles. The van der Waals surface area contributed by atoms with Gasteiger partial charge in [-0.1, -0.05) is 18.2 Å². The normalized spacial score (nSPS) is 21.6. The molecule has 0 aromatic heterocycles. The van der Waals surface area contributed by atoms with Gasteiger partial charge in [0.05, 0.1) is 0 Å². The highest BCUT2D eigenvalue weighted by atomic mass is 16.7. The highest BCUT2D eigenvalue weighted by molar-refractivity contribution is 5.95. The summed E-state index contributed by atoms with van der Waals surface area (Å²) in [5.41, 5.74) is -0.357. The second-order valence-corrected chi connectivity index (χ2v) is 7.04. The molecule has 2 aliphatic heterocycles. The zero-order chi connectivity index (χ0) is 18.7. The summed E-state index contributed by atoms with van der Waals surface area (Å²) in [5.74, 6) is 1.95. The number of likely N-dealkylation sites (tertiary alicyclic amines) is 1. The molecule has 6 heteroatoms. The Morgan fingerprint density at radius 2 is 1.89 bits per heavy atom. The molecule has 1 amide bonds. The van der Waals surface area contributed by atoms with Crippen molar-refractivity contribution in [2.75, 3.05) is 26.5 Å². The topological polar surface area (TPSA) is 68.2 Å². The summed E-state index contributed by atoms with van der Waals surface area (Å²) >= 11 is 0. The maximum atomic E-state index is 12.9. The summed E-state index contributed by atoms with van der Waals surface area (Å²) in [4.78, 5) is 14.6. The maximum Gasteiger partial charge on any atom is 0.253 e. The van der Waals surface area contributed by atoms with E-state index in [2.05, 4.69) is 0 Å². The Balaban J connectivity index is 1.38. The van der Waals surface area contributed by atoms with Crippen molar-refractivity contribution in [2.45, 2.75) is 24.9 Å². The molecule has 1 fully saturated rings. The fourth-order valence-electron chi connectivity index (χ4n) is 3.47. The number of rotatable bonds is 4. The molecule has 2 aromatic rings. The Hall–Kier alpha value is -2.73. The second-order valence-electron chi connectivity index (χ2n) is 7.04. The van der Waals surface area contributed by atoms with E-state index in [0.717, 1.165) is 12.2 Å². The van der Waals surface area contributed by atoms with Crippen LogP contribution >= 0.6 is 0 Å². The minimum absolute atomic E-state index is 0.0541. The van der Waals surface area contributed by atoms with E-state index in [9.17, 15) is 9.90 Å². The van der Waals surface area contributed by atoms with Crippen molar-refractivity contribution in [3.05, 3.63) is 54.1 Å². The lowest BCUT2D eigenvalue weighted by Crippen LogP contribution is -2.38. The smallest absolute Gasteiger partial charge is 0.253 e. The summed E-state index contributed by atoms with van der Waals surface area (Å²) in [6, 6.07) is 14.7. The average Bonchev–Trinajstić information content (AvgIpc) is 3.08. The van der Waals surface area contributed by atoms with Gasteiger partial charge in [0, 0.05) is 18.7 Å². The fourth-order valence-corrected chi connectivity index (χ4v) is 3.47. The molecular formula is C21H23NO5. The number of hydrogen-bond acceptors (Lipinski definition) is 5. The SMILES string of the molecule is O=C(c1ccc2c(c1)OCO2)N1CCCC(O)(COc2ccccc2)CC1. The van der Waals surface area contributed by atoms with Crippen LogP contribution in [0.5, 0.6) is 17.2 Å². The van der Waals surface area contributed by atoms with E-state index in [1.54, 1.807) is 23.1 Å². The van der Waals surface area contributed by atoms with Crippen molar-refractivity contribution < 1.29 is 24.1 Å². The van der Waals surface area contributed by atoms with Gasteiger partial charge in [-0.15, -0.1) is 0 Å². The van der Waals surface area contributed by atoms with Crippen LogP contribution in [0.4, 0.5) is 0 Å². The third-order valence-electron chi connectivity index (χ3n) is 5.07. The molecule has 4 rings (SSSR count). The molecule has 0 bridgehead atoms. The van der Waals surface area contributed by atoms with E-state index in [4.69, 9.17) is 14.2 Å². The molecule has 1 unspecified atom stereocenters. The van der Waals surface area contributed by atoms with Crippen LogP contribution < -0.4 is 14.2 Å². The monoisotopic (exact) mass is 369 g/mol. The Bertz CT molecular complexity index is 809. The predicted octanol–water partition coefficient (Wildman–Crippen LogP) is 2.85. The number of aliphatic hydroxyl groups is 1. The maximum absolute atomic E-state index is 12.9. The molecule has 1 atom stereocenters. The third-order valence-corrected chi connectivity index (χ3v) is 5.07. The number of hydrogen-bond donors (Lipinski definition) is 1. The Kier molecular flexibility index (Phi) is 4.90. The standard InChI is InChI=1S/C21H23NO5/c23-20(16-7-8-18-19(13-16)27-15-26-18)22-11-4-9-21(24,10-12-22)14-25-17-5-2-1-3-6-17/h1-3,5-8,13,24H,4,9-12,14-15H2. The lowest BCUT2D eigenvalue weighted by molar-refractivity contribution is -0.0163. The number of amides is 1. The van der Waals surface area contributed by atoms with Crippen LogP contribution in [0.3, 0.4) is 0 Å². The van der Waals surface area contributed by atoms with Crippen LogP contribution in [0.2, 0.25) is 0 Å². The van der Waals surface area contributed by atoms with Gasteiger partial charge in [0.2, 0.25) is 6.79 Å². The fraction of sp³-hybridized carbons (Fsp3) is 0.381. The first-order chi connectivity index (χ1) is 13.1. The van der Waals surface area contributed by atoms with Gasteiger partial charge in [-0.05, 0) is 49.6 Å². The van der Waals surface area contributed by atoms with E-state index >= 15 is 0 Å². The molecule has 2 aromatic carbocycles. The van der Waals surface area contributed by atoms with Gasteiger partial charge in [-0.3, -0.25) is 4.79 Å². The number of fused-ring (bicyclic) bond motifs is 1. The summed E-state index contributed by atoms with van der Waals surface area (Å²) in [6.07, 6.45) is 1.81. The highest BCUT2D eigenvalue weighted by Gasteiger charge is 2.33. The van der Waals surface area contributed by atoms with Crippen LogP contribution in [0.1, 0.15) is 29.6 Å². The first-order valence-electron chi connectivity index (χ1n) is 9.22. The average molecular weight is 369 g/mol. The molecule has 1 N–H and O–H groups in total. The van der Waals surface area contributed by atoms with E-state index in [1.807, 2.05) is 30.3 Å². The van der Waals surface area contributed by atoms with E-state index < -0.39 is 5.60 Å². The minimum Gasteiger partial charge on any atom is -0.491 e. The Morgan fingerprint density at radius 1 is 1.07 bits per heavy atom. The number of ether oxygens (including phenoxy) is 3. The highest BCUT2D eigenvalue weighted by Crippen LogP contribution is 2.33. The van der Waals surface area contributed by atoms with Crippen molar-refractivity contribution in [1.82, 2.24) is 4.90 Å². The molecule has 142 valence electrons. The van der Waals surface area contributed by atoms with Crippen molar-refractivity contribution >= 4 is 5.91 Å².